The minimum absolute atomic E-state index is 0.0639. The minimum atomic E-state index is 0.0639. The summed E-state index contributed by atoms with van der Waals surface area (Å²) in [6.07, 6.45) is 2.89. The second kappa shape index (κ2) is 6.30. The molecule has 4 heteroatoms. The number of hydrogen-bond acceptors (Lipinski definition) is 2. The summed E-state index contributed by atoms with van der Waals surface area (Å²) in [6, 6.07) is 3.66. The lowest BCUT2D eigenvalue weighted by Gasteiger charge is -2.04. The normalized spacial score (nSPS) is 10.4. The number of hydrogen-bond donors (Lipinski definition) is 0. The van der Waals surface area contributed by atoms with Crippen LogP contribution in [0.1, 0.15) is 13.3 Å². The third kappa shape index (κ3) is 3.50. The Hall–Kier alpha value is -0.220. The van der Waals surface area contributed by atoms with E-state index in [0.717, 1.165) is 24.5 Å². The van der Waals surface area contributed by atoms with Crippen LogP contribution in [0.4, 0.5) is 0 Å². The van der Waals surface area contributed by atoms with Crippen molar-refractivity contribution in [2.45, 2.75) is 19.9 Å². The molecular formula is C10H14BrNOS. The van der Waals surface area contributed by atoms with Gasteiger partial charge in [0, 0.05) is 12.7 Å². The first-order valence-corrected chi connectivity index (χ1v) is 6.63. The molecule has 0 unspecified atom stereocenters. The number of pyridine rings is 1. The smallest absolute Gasteiger partial charge is 0.264 e. The largest absolute Gasteiger partial charge is 0.315 e. The van der Waals surface area contributed by atoms with Gasteiger partial charge < -0.3 is 4.57 Å². The Kier molecular flexibility index (Phi) is 5.33. The van der Waals surface area contributed by atoms with Gasteiger partial charge in [0.2, 0.25) is 0 Å². The second-order valence-corrected chi connectivity index (χ2v) is 5.15. The van der Waals surface area contributed by atoms with E-state index in [1.54, 1.807) is 10.6 Å². The highest BCUT2D eigenvalue weighted by molar-refractivity contribution is 9.10. The van der Waals surface area contributed by atoms with E-state index in [-0.39, 0.29) is 5.56 Å². The van der Waals surface area contributed by atoms with E-state index >= 15 is 0 Å². The van der Waals surface area contributed by atoms with Crippen LogP contribution in [0.2, 0.25) is 0 Å². The molecule has 0 aliphatic heterocycles. The third-order valence-electron chi connectivity index (χ3n) is 1.87. The molecule has 0 fully saturated rings. The fourth-order valence-corrected chi connectivity index (χ4v) is 2.17. The van der Waals surface area contributed by atoms with Gasteiger partial charge in [-0.2, -0.15) is 11.8 Å². The highest BCUT2D eigenvalue weighted by atomic mass is 79.9. The van der Waals surface area contributed by atoms with Gasteiger partial charge in [-0.3, -0.25) is 4.79 Å². The third-order valence-corrected chi connectivity index (χ3v) is 3.45. The Bertz CT molecular complexity index is 337. The zero-order valence-corrected chi connectivity index (χ0v) is 10.6. The molecule has 0 spiro atoms. The molecule has 0 atom stereocenters. The van der Waals surface area contributed by atoms with Crippen LogP contribution in [0, 0.1) is 0 Å². The van der Waals surface area contributed by atoms with Gasteiger partial charge in [0.05, 0.1) is 4.47 Å². The Morgan fingerprint density at radius 1 is 1.57 bits per heavy atom. The second-order valence-electron chi connectivity index (χ2n) is 2.91. The molecule has 0 saturated heterocycles. The standard InChI is InChI=1S/C10H14BrNOS/c1-2-14-8-4-7-12-6-3-5-9(11)10(12)13/h3,5-6H,2,4,7-8H2,1H3. The van der Waals surface area contributed by atoms with Gasteiger partial charge in [-0.15, -0.1) is 0 Å². The molecule has 0 amide bonds. The zero-order valence-electron chi connectivity index (χ0n) is 8.20. The molecule has 0 aromatic carbocycles. The lowest BCUT2D eigenvalue weighted by molar-refractivity contribution is 0.656. The SMILES string of the molecule is CCSCCCn1cccc(Br)c1=O. The fraction of sp³-hybridized carbons (Fsp3) is 0.500. The van der Waals surface area contributed by atoms with Crippen LogP contribution in [0.15, 0.2) is 27.6 Å². The molecule has 78 valence electrons. The van der Waals surface area contributed by atoms with Crippen molar-refractivity contribution in [3.63, 3.8) is 0 Å². The van der Waals surface area contributed by atoms with Gasteiger partial charge in [-0.25, -0.2) is 0 Å². The lowest BCUT2D eigenvalue weighted by atomic mass is 10.4. The van der Waals surface area contributed by atoms with Gasteiger partial charge in [-0.05, 0) is 46.0 Å². The molecule has 1 aromatic rings. The van der Waals surface area contributed by atoms with Crippen molar-refractivity contribution in [2.75, 3.05) is 11.5 Å². The highest BCUT2D eigenvalue weighted by Crippen LogP contribution is 2.04. The van der Waals surface area contributed by atoms with Crippen molar-refractivity contribution in [3.05, 3.63) is 33.2 Å². The first-order valence-electron chi connectivity index (χ1n) is 4.68. The Balaban J connectivity index is 2.51. The number of aryl methyl sites for hydroxylation is 1. The predicted octanol–water partition coefficient (Wildman–Crippen LogP) is 2.75. The molecule has 0 aliphatic carbocycles. The van der Waals surface area contributed by atoms with Crippen molar-refractivity contribution in [3.8, 4) is 0 Å². The van der Waals surface area contributed by atoms with Gasteiger partial charge in [0.25, 0.3) is 5.56 Å². The predicted molar refractivity (Wildman–Crippen MR) is 66.0 cm³/mol. The summed E-state index contributed by atoms with van der Waals surface area (Å²) < 4.78 is 2.39. The molecular weight excluding hydrogens is 262 g/mol. The van der Waals surface area contributed by atoms with E-state index in [4.69, 9.17) is 0 Å². The maximum absolute atomic E-state index is 11.5. The van der Waals surface area contributed by atoms with Crippen LogP contribution in [-0.4, -0.2) is 16.1 Å². The summed E-state index contributed by atoms with van der Waals surface area (Å²) in [6.45, 7) is 2.96. The van der Waals surface area contributed by atoms with E-state index in [9.17, 15) is 4.79 Å². The number of thioether (sulfide) groups is 1. The van der Waals surface area contributed by atoms with Crippen LogP contribution in [0.25, 0.3) is 0 Å². The van der Waals surface area contributed by atoms with Crippen LogP contribution in [0.5, 0.6) is 0 Å². The van der Waals surface area contributed by atoms with E-state index in [1.807, 2.05) is 24.0 Å². The lowest BCUT2D eigenvalue weighted by Crippen LogP contribution is -2.19. The van der Waals surface area contributed by atoms with Crippen molar-refractivity contribution >= 4 is 27.7 Å². The van der Waals surface area contributed by atoms with Crippen LogP contribution in [0.3, 0.4) is 0 Å². The molecule has 1 rings (SSSR count). The van der Waals surface area contributed by atoms with Crippen molar-refractivity contribution < 1.29 is 0 Å². The summed E-state index contributed by atoms with van der Waals surface area (Å²) in [7, 11) is 0. The van der Waals surface area contributed by atoms with Crippen LogP contribution in [-0.2, 0) is 6.54 Å². The minimum Gasteiger partial charge on any atom is -0.315 e. The quantitative estimate of drug-likeness (QED) is 0.771. The van der Waals surface area contributed by atoms with Crippen molar-refractivity contribution in [1.29, 1.82) is 0 Å². The molecule has 0 N–H and O–H groups in total. The molecule has 0 aliphatic rings. The first-order chi connectivity index (χ1) is 6.75. The number of aromatic nitrogens is 1. The van der Waals surface area contributed by atoms with Crippen LogP contribution < -0.4 is 5.56 Å². The topological polar surface area (TPSA) is 22.0 Å². The number of rotatable bonds is 5. The average Bonchev–Trinajstić information content (AvgIpc) is 2.19. The molecule has 0 saturated carbocycles. The van der Waals surface area contributed by atoms with Crippen molar-refractivity contribution in [2.24, 2.45) is 0 Å². The summed E-state index contributed by atoms with van der Waals surface area (Å²) in [4.78, 5) is 11.5. The molecule has 2 nitrogen and oxygen atoms in total. The summed E-state index contributed by atoms with van der Waals surface area (Å²) >= 11 is 5.14. The summed E-state index contributed by atoms with van der Waals surface area (Å²) in [5.41, 5.74) is 0.0639. The van der Waals surface area contributed by atoms with E-state index in [0.29, 0.717) is 4.47 Å². The van der Waals surface area contributed by atoms with Crippen molar-refractivity contribution in [1.82, 2.24) is 4.57 Å². The van der Waals surface area contributed by atoms with Crippen LogP contribution >= 0.6 is 27.7 Å². The zero-order chi connectivity index (χ0) is 10.4. The van der Waals surface area contributed by atoms with Gasteiger partial charge >= 0.3 is 0 Å². The Morgan fingerprint density at radius 3 is 3.07 bits per heavy atom. The van der Waals surface area contributed by atoms with Gasteiger partial charge in [0.15, 0.2) is 0 Å². The molecule has 1 heterocycles. The first kappa shape index (κ1) is 11.9. The number of nitrogens with zero attached hydrogens (tertiary/aromatic N) is 1. The summed E-state index contributed by atoms with van der Waals surface area (Å²) in [5.74, 6) is 2.27. The molecule has 1 aromatic heterocycles. The molecule has 0 radical (unpaired) electrons. The van der Waals surface area contributed by atoms with Gasteiger partial charge in [-0.1, -0.05) is 6.92 Å². The molecule has 14 heavy (non-hydrogen) atoms. The van der Waals surface area contributed by atoms with Gasteiger partial charge in [0.1, 0.15) is 0 Å². The summed E-state index contributed by atoms with van der Waals surface area (Å²) in [5, 5.41) is 0. The molecule has 0 bridgehead atoms. The fourth-order valence-electron chi connectivity index (χ4n) is 1.16. The van der Waals surface area contributed by atoms with E-state index < -0.39 is 0 Å². The Morgan fingerprint density at radius 2 is 2.36 bits per heavy atom. The highest BCUT2D eigenvalue weighted by Gasteiger charge is 1.98. The maximum Gasteiger partial charge on any atom is 0.264 e. The Labute approximate surface area is 96.8 Å². The monoisotopic (exact) mass is 275 g/mol. The number of halogens is 1. The van der Waals surface area contributed by atoms with E-state index in [1.165, 1.54) is 0 Å². The maximum atomic E-state index is 11.5. The average molecular weight is 276 g/mol. The van der Waals surface area contributed by atoms with E-state index in [2.05, 4.69) is 22.9 Å².